The van der Waals surface area contributed by atoms with E-state index < -0.39 is 0 Å². The molecular formula is C26H35N3O2S. The van der Waals surface area contributed by atoms with E-state index in [0.717, 1.165) is 55.5 Å². The molecule has 0 spiro atoms. The lowest BCUT2D eigenvalue weighted by molar-refractivity contribution is 0.287. The van der Waals surface area contributed by atoms with E-state index >= 15 is 0 Å². The highest BCUT2D eigenvalue weighted by Gasteiger charge is 2.18. The first-order chi connectivity index (χ1) is 15.7. The number of allylic oxidation sites excluding steroid dienone is 2. The number of aromatic nitrogens is 1. The summed E-state index contributed by atoms with van der Waals surface area (Å²) in [5.74, 6) is 2.24. The van der Waals surface area contributed by atoms with E-state index in [2.05, 4.69) is 45.6 Å². The van der Waals surface area contributed by atoms with Gasteiger partial charge in [0, 0.05) is 32.0 Å². The van der Waals surface area contributed by atoms with E-state index in [0.29, 0.717) is 19.1 Å². The van der Waals surface area contributed by atoms with Crippen molar-refractivity contribution in [3.05, 3.63) is 66.0 Å². The zero-order valence-corrected chi connectivity index (χ0v) is 20.1. The molecule has 1 heterocycles. The molecule has 0 amide bonds. The Labute approximate surface area is 197 Å². The van der Waals surface area contributed by atoms with Gasteiger partial charge in [0.15, 0.2) is 16.6 Å². The predicted octanol–water partition coefficient (Wildman–Crippen LogP) is 5.15. The van der Waals surface area contributed by atoms with Crippen LogP contribution in [0.3, 0.4) is 0 Å². The fourth-order valence-corrected chi connectivity index (χ4v) is 4.18. The van der Waals surface area contributed by atoms with Crippen molar-refractivity contribution in [3.8, 4) is 11.5 Å². The number of hydrogen-bond acceptors (Lipinski definition) is 4. The van der Waals surface area contributed by atoms with Crippen LogP contribution in [0.2, 0.25) is 0 Å². The number of thiocarbonyl (C=S) groups is 1. The molecule has 1 N–H and O–H groups in total. The molecule has 0 fully saturated rings. The second-order valence-electron chi connectivity index (χ2n) is 8.02. The van der Waals surface area contributed by atoms with Crippen LogP contribution in [0.5, 0.6) is 11.5 Å². The lowest BCUT2D eigenvalue weighted by atomic mass is 9.94. The molecule has 0 saturated carbocycles. The standard InChI is InChI=1S/C26H35N3O2S/c1-3-30-24-13-12-21(17-25(24)31-4-2)14-16-28-26(32)29(19-22-9-6-5-7-10-22)20-23-11-8-15-27-18-23/h5-6,8,11-13,15,17-18,22H,3-4,7,9-10,14,16,19-20H2,1-2H3,(H,28,32). The molecule has 2 aromatic rings. The number of hydrogen-bond donors (Lipinski definition) is 1. The maximum absolute atomic E-state index is 5.81. The van der Waals surface area contributed by atoms with Gasteiger partial charge in [0.25, 0.3) is 0 Å². The van der Waals surface area contributed by atoms with Gasteiger partial charge >= 0.3 is 0 Å². The Bertz CT molecular complexity index is 873. The van der Waals surface area contributed by atoms with Crippen LogP contribution in [0, 0.1) is 5.92 Å². The van der Waals surface area contributed by atoms with Gasteiger partial charge in [-0.05, 0) is 87.0 Å². The largest absolute Gasteiger partial charge is 0.490 e. The van der Waals surface area contributed by atoms with Crippen LogP contribution >= 0.6 is 12.2 Å². The topological polar surface area (TPSA) is 46.6 Å². The SMILES string of the molecule is CCOc1ccc(CCNC(=S)N(Cc2cccnc2)CC2CC=CCC2)cc1OCC. The lowest BCUT2D eigenvalue weighted by Gasteiger charge is -2.30. The van der Waals surface area contributed by atoms with Crippen molar-refractivity contribution in [3.63, 3.8) is 0 Å². The van der Waals surface area contributed by atoms with Gasteiger partial charge in [-0.1, -0.05) is 24.3 Å². The Morgan fingerprint density at radius 3 is 2.69 bits per heavy atom. The second-order valence-corrected chi connectivity index (χ2v) is 8.41. The van der Waals surface area contributed by atoms with Crippen molar-refractivity contribution >= 4 is 17.3 Å². The molecule has 1 atom stereocenters. The number of rotatable bonds is 11. The van der Waals surface area contributed by atoms with Gasteiger partial charge in [0.05, 0.1) is 13.2 Å². The van der Waals surface area contributed by atoms with Gasteiger partial charge in [-0.15, -0.1) is 0 Å². The molecule has 0 saturated heterocycles. The van der Waals surface area contributed by atoms with Gasteiger partial charge in [-0.25, -0.2) is 0 Å². The number of nitrogens with one attached hydrogen (secondary N) is 1. The fourth-order valence-electron chi connectivity index (χ4n) is 3.94. The van der Waals surface area contributed by atoms with Gasteiger partial charge in [-0.2, -0.15) is 0 Å². The molecule has 0 aliphatic heterocycles. The summed E-state index contributed by atoms with van der Waals surface area (Å²) in [6.07, 6.45) is 12.7. The number of pyridine rings is 1. The van der Waals surface area contributed by atoms with Crippen molar-refractivity contribution in [2.24, 2.45) is 5.92 Å². The van der Waals surface area contributed by atoms with E-state index in [1.807, 2.05) is 38.4 Å². The van der Waals surface area contributed by atoms with Crippen LogP contribution in [0.25, 0.3) is 0 Å². The van der Waals surface area contributed by atoms with Crippen LogP contribution in [0.1, 0.15) is 44.2 Å². The third-order valence-electron chi connectivity index (χ3n) is 5.54. The van der Waals surface area contributed by atoms with Crippen LogP contribution in [-0.2, 0) is 13.0 Å². The average Bonchev–Trinajstić information content (AvgIpc) is 2.82. The third kappa shape index (κ3) is 7.52. The lowest BCUT2D eigenvalue weighted by Crippen LogP contribution is -2.42. The second kappa shape index (κ2) is 13.1. The van der Waals surface area contributed by atoms with Gasteiger partial charge in [0.1, 0.15) is 0 Å². The first-order valence-electron chi connectivity index (χ1n) is 11.6. The van der Waals surface area contributed by atoms with Crippen molar-refractivity contribution in [1.82, 2.24) is 15.2 Å². The smallest absolute Gasteiger partial charge is 0.169 e. The molecule has 1 aliphatic carbocycles. The highest BCUT2D eigenvalue weighted by Crippen LogP contribution is 2.28. The van der Waals surface area contributed by atoms with Crippen molar-refractivity contribution in [2.45, 2.75) is 46.1 Å². The molecule has 32 heavy (non-hydrogen) atoms. The molecule has 172 valence electrons. The molecule has 0 bridgehead atoms. The highest BCUT2D eigenvalue weighted by atomic mass is 32.1. The monoisotopic (exact) mass is 453 g/mol. The fraction of sp³-hybridized carbons (Fsp3) is 0.462. The molecule has 1 aromatic carbocycles. The van der Waals surface area contributed by atoms with Crippen LogP contribution in [-0.4, -0.2) is 41.3 Å². The number of benzene rings is 1. The zero-order valence-electron chi connectivity index (χ0n) is 19.3. The summed E-state index contributed by atoms with van der Waals surface area (Å²) in [6, 6.07) is 10.3. The summed E-state index contributed by atoms with van der Waals surface area (Å²) in [5.41, 5.74) is 2.37. The Balaban J connectivity index is 1.59. The molecule has 3 rings (SSSR count). The molecule has 5 nitrogen and oxygen atoms in total. The molecule has 0 radical (unpaired) electrons. The molecule has 1 aromatic heterocycles. The Morgan fingerprint density at radius 2 is 1.97 bits per heavy atom. The van der Waals surface area contributed by atoms with Crippen molar-refractivity contribution in [1.29, 1.82) is 0 Å². The summed E-state index contributed by atoms with van der Waals surface area (Å²) in [5, 5.41) is 4.28. The Kier molecular flexibility index (Phi) is 9.82. The van der Waals surface area contributed by atoms with E-state index in [9.17, 15) is 0 Å². The minimum Gasteiger partial charge on any atom is -0.490 e. The molecule has 6 heteroatoms. The van der Waals surface area contributed by atoms with Gasteiger partial charge in [-0.3, -0.25) is 4.98 Å². The predicted molar refractivity (Wildman–Crippen MR) is 134 cm³/mol. The molecule has 1 unspecified atom stereocenters. The minimum atomic E-state index is 0.617. The Morgan fingerprint density at radius 1 is 1.12 bits per heavy atom. The van der Waals surface area contributed by atoms with Crippen molar-refractivity contribution < 1.29 is 9.47 Å². The maximum atomic E-state index is 5.81. The summed E-state index contributed by atoms with van der Waals surface area (Å²) in [4.78, 5) is 6.56. The summed E-state index contributed by atoms with van der Waals surface area (Å²) in [7, 11) is 0. The number of nitrogens with zero attached hydrogens (tertiary/aromatic N) is 2. The zero-order chi connectivity index (χ0) is 22.6. The van der Waals surface area contributed by atoms with E-state index in [4.69, 9.17) is 21.7 Å². The van der Waals surface area contributed by atoms with Gasteiger partial charge < -0.3 is 19.7 Å². The van der Waals surface area contributed by atoms with Crippen molar-refractivity contribution in [2.75, 3.05) is 26.3 Å². The summed E-state index contributed by atoms with van der Waals surface area (Å²) in [6.45, 7) is 7.72. The summed E-state index contributed by atoms with van der Waals surface area (Å²) < 4.78 is 11.4. The quantitative estimate of drug-likeness (QED) is 0.375. The van der Waals surface area contributed by atoms with Crippen LogP contribution in [0.4, 0.5) is 0 Å². The first kappa shape index (κ1) is 24.1. The maximum Gasteiger partial charge on any atom is 0.169 e. The summed E-state index contributed by atoms with van der Waals surface area (Å²) >= 11 is 5.81. The highest BCUT2D eigenvalue weighted by molar-refractivity contribution is 7.80. The van der Waals surface area contributed by atoms with E-state index in [-0.39, 0.29) is 0 Å². The Hall–Kier alpha value is -2.60. The van der Waals surface area contributed by atoms with Gasteiger partial charge in [0.2, 0.25) is 0 Å². The van der Waals surface area contributed by atoms with E-state index in [1.54, 1.807) is 0 Å². The van der Waals surface area contributed by atoms with Crippen LogP contribution in [0.15, 0.2) is 54.9 Å². The van der Waals surface area contributed by atoms with Crippen LogP contribution < -0.4 is 14.8 Å². The molecule has 1 aliphatic rings. The third-order valence-corrected chi connectivity index (χ3v) is 5.94. The number of ether oxygens (including phenoxy) is 2. The first-order valence-corrected chi connectivity index (χ1v) is 12.1. The van der Waals surface area contributed by atoms with E-state index in [1.165, 1.54) is 17.5 Å². The normalized spacial score (nSPS) is 15.2. The average molecular weight is 454 g/mol. The molecular weight excluding hydrogens is 418 g/mol. The minimum absolute atomic E-state index is 0.617.